The van der Waals surface area contributed by atoms with Gasteiger partial charge in [0.1, 0.15) is 11.4 Å². The van der Waals surface area contributed by atoms with E-state index in [4.69, 9.17) is 5.11 Å². The summed E-state index contributed by atoms with van der Waals surface area (Å²) < 4.78 is 3.33. The van der Waals surface area contributed by atoms with Crippen molar-refractivity contribution in [3.05, 3.63) is 18.0 Å². The average Bonchev–Trinajstić information content (AvgIpc) is 2.84. The van der Waals surface area contributed by atoms with E-state index >= 15 is 0 Å². The number of aryl methyl sites for hydroxylation is 2. The molecule has 0 radical (unpaired) electrons. The van der Waals surface area contributed by atoms with Crippen LogP contribution in [0.15, 0.2) is 12.4 Å². The van der Waals surface area contributed by atoms with E-state index in [1.54, 1.807) is 15.6 Å². The lowest BCUT2D eigenvalue weighted by Crippen LogP contribution is -2.21. The van der Waals surface area contributed by atoms with Gasteiger partial charge in [-0.1, -0.05) is 5.21 Å². The molecule has 2 heterocycles. The SMILES string of the molecule is Cc1cn(C)nc1-c1cn(CC2(C(=O)O)CC2)nn1. The second kappa shape index (κ2) is 3.91. The minimum atomic E-state index is -0.751. The van der Waals surface area contributed by atoms with Crippen molar-refractivity contribution in [2.45, 2.75) is 26.3 Å². The molecule has 0 saturated heterocycles. The molecule has 0 bridgehead atoms. The van der Waals surface area contributed by atoms with E-state index in [0.29, 0.717) is 25.1 Å². The van der Waals surface area contributed by atoms with Crippen LogP contribution in [0.5, 0.6) is 0 Å². The molecule has 0 unspecified atom stereocenters. The van der Waals surface area contributed by atoms with Crippen molar-refractivity contribution < 1.29 is 9.90 Å². The smallest absolute Gasteiger partial charge is 0.311 e. The molecule has 2 aromatic rings. The van der Waals surface area contributed by atoms with Crippen molar-refractivity contribution >= 4 is 5.97 Å². The number of hydrogen-bond acceptors (Lipinski definition) is 4. The van der Waals surface area contributed by atoms with Crippen LogP contribution >= 0.6 is 0 Å². The van der Waals surface area contributed by atoms with Crippen molar-refractivity contribution in [3.63, 3.8) is 0 Å². The number of hydrogen-bond donors (Lipinski definition) is 1. The average molecular weight is 261 g/mol. The second-order valence-corrected chi connectivity index (χ2v) is 5.22. The zero-order valence-electron chi connectivity index (χ0n) is 10.9. The van der Waals surface area contributed by atoms with Gasteiger partial charge in [-0.3, -0.25) is 14.2 Å². The molecule has 7 nitrogen and oxygen atoms in total. The van der Waals surface area contributed by atoms with E-state index in [1.807, 2.05) is 20.2 Å². The predicted octanol–water partition coefficient (Wildman–Crippen LogP) is 0.852. The molecule has 0 aliphatic heterocycles. The zero-order valence-corrected chi connectivity index (χ0v) is 10.9. The van der Waals surface area contributed by atoms with Gasteiger partial charge in [0.05, 0.1) is 18.2 Å². The number of carbonyl (C=O) groups is 1. The Morgan fingerprint density at radius 1 is 1.47 bits per heavy atom. The largest absolute Gasteiger partial charge is 0.481 e. The van der Waals surface area contributed by atoms with E-state index in [9.17, 15) is 4.79 Å². The van der Waals surface area contributed by atoms with Gasteiger partial charge < -0.3 is 5.11 Å². The van der Waals surface area contributed by atoms with Crippen molar-refractivity contribution in [2.75, 3.05) is 0 Å². The van der Waals surface area contributed by atoms with Crippen molar-refractivity contribution in [3.8, 4) is 11.4 Å². The quantitative estimate of drug-likeness (QED) is 0.881. The summed E-state index contributed by atoms with van der Waals surface area (Å²) in [5.41, 5.74) is 1.85. The summed E-state index contributed by atoms with van der Waals surface area (Å²) in [5.74, 6) is -0.751. The van der Waals surface area contributed by atoms with E-state index < -0.39 is 11.4 Å². The highest BCUT2D eigenvalue weighted by molar-refractivity contribution is 5.77. The van der Waals surface area contributed by atoms with Crippen LogP contribution in [0, 0.1) is 12.3 Å². The lowest BCUT2D eigenvalue weighted by Gasteiger charge is -2.07. The summed E-state index contributed by atoms with van der Waals surface area (Å²) in [6, 6.07) is 0. The Hall–Kier alpha value is -2.18. The maximum atomic E-state index is 11.1. The van der Waals surface area contributed by atoms with Crippen LogP contribution in [-0.4, -0.2) is 35.9 Å². The second-order valence-electron chi connectivity index (χ2n) is 5.22. The molecular formula is C12H15N5O2. The van der Waals surface area contributed by atoms with Crippen molar-refractivity contribution in [2.24, 2.45) is 12.5 Å². The predicted molar refractivity (Wildman–Crippen MR) is 66.3 cm³/mol. The fourth-order valence-corrected chi connectivity index (χ4v) is 2.24. The van der Waals surface area contributed by atoms with Crippen LogP contribution in [0.25, 0.3) is 11.4 Å². The molecule has 1 fully saturated rings. The third kappa shape index (κ3) is 2.00. The maximum Gasteiger partial charge on any atom is 0.311 e. The molecular weight excluding hydrogens is 246 g/mol. The molecule has 1 aliphatic carbocycles. The van der Waals surface area contributed by atoms with Crippen LogP contribution in [0.1, 0.15) is 18.4 Å². The first-order chi connectivity index (χ1) is 9.00. The molecule has 100 valence electrons. The van der Waals surface area contributed by atoms with E-state index in [0.717, 1.165) is 11.3 Å². The highest BCUT2D eigenvalue weighted by Crippen LogP contribution is 2.47. The van der Waals surface area contributed by atoms with Gasteiger partial charge >= 0.3 is 5.97 Å². The van der Waals surface area contributed by atoms with Crippen LogP contribution in [-0.2, 0) is 18.4 Å². The fourth-order valence-electron chi connectivity index (χ4n) is 2.24. The number of aromatic nitrogens is 5. The van der Waals surface area contributed by atoms with Gasteiger partial charge in [-0.05, 0) is 25.3 Å². The molecule has 19 heavy (non-hydrogen) atoms. The summed E-state index contributed by atoms with van der Waals surface area (Å²) in [6.45, 7) is 2.34. The van der Waals surface area contributed by atoms with Gasteiger partial charge in [0.15, 0.2) is 0 Å². The van der Waals surface area contributed by atoms with Crippen LogP contribution in [0.2, 0.25) is 0 Å². The topological polar surface area (TPSA) is 85.8 Å². The third-order valence-corrected chi connectivity index (χ3v) is 3.56. The summed E-state index contributed by atoms with van der Waals surface area (Å²) in [7, 11) is 1.85. The first kappa shape index (κ1) is 11.9. The molecule has 0 aromatic carbocycles. The minimum Gasteiger partial charge on any atom is -0.481 e. The molecule has 7 heteroatoms. The number of carboxylic acids is 1. The molecule has 1 saturated carbocycles. The summed E-state index contributed by atoms with van der Waals surface area (Å²) >= 11 is 0. The lowest BCUT2D eigenvalue weighted by atomic mass is 10.1. The van der Waals surface area contributed by atoms with Crippen LogP contribution in [0.4, 0.5) is 0 Å². The molecule has 1 N–H and O–H groups in total. The first-order valence-corrected chi connectivity index (χ1v) is 6.14. The van der Waals surface area contributed by atoms with Gasteiger partial charge in [-0.2, -0.15) is 5.10 Å². The van der Waals surface area contributed by atoms with Crippen LogP contribution < -0.4 is 0 Å². The summed E-state index contributed by atoms with van der Waals surface area (Å²) in [4.78, 5) is 11.1. The van der Waals surface area contributed by atoms with E-state index in [1.165, 1.54) is 0 Å². The van der Waals surface area contributed by atoms with Crippen molar-refractivity contribution in [1.29, 1.82) is 0 Å². The number of nitrogens with zero attached hydrogens (tertiary/aromatic N) is 5. The zero-order chi connectivity index (χ0) is 13.6. The Morgan fingerprint density at radius 3 is 2.74 bits per heavy atom. The minimum absolute atomic E-state index is 0.376. The highest BCUT2D eigenvalue weighted by atomic mass is 16.4. The van der Waals surface area contributed by atoms with Crippen molar-refractivity contribution in [1.82, 2.24) is 24.8 Å². The molecule has 3 rings (SSSR count). The Morgan fingerprint density at radius 2 is 2.21 bits per heavy atom. The number of rotatable bonds is 4. The highest BCUT2D eigenvalue weighted by Gasteiger charge is 2.50. The monoisotopic (exact) mass is 261 g/mol. The summed E-state index contributed by atoms with van der Waals surface area (Å²) in [6.07, 6.45) is 5.09. The summed E-state index contributed by atoms with van der Waals surface area (Å²) in [5, 5.41) is 21.6. The standard InChI is InChI=1S/C12H15N5O2/c1-8-5-16(2)14-10(8)9-6-17(15-13-9)7-12(3-4-12)11(18)19/h5-6H,3-4,7H2,1-2H3,(H,18,19). The third-order valence-electron chi connectivity index (χ3n) is 3.56. The first-order valence-electron chi connectivity index (χ1n) is 6.14. The molecule has 1 aliphatic rings. The fraction of sp³-hybridized carbons (Fsp3) is 0.500. The Labute approximate surface area is 109 Å². The maximum absolute atomic E-state index is 11.1. The molecule has 0 amide bonds. The van der Waals surface area contributed by atoms with Gasteiger partial charge in [-0.25, -0.2) is 0 Å². The molecule has 0 atom stereocenters. The van der Waals surface area contributed by atoms with Gasteiger partial charge in [0.2, 0.25) is 0 Å². The van der Waals surface area contributed by atoms with Gasteiger partial charge in [-0.15, -0.1) is 5.10 Å². The molecule has 0 spiro atoms. The number of carboxylic acid groups (broad SMARTS) is 1. The van der Waals surface area contributed by atoms with Gasteiger partial charge in [0.25, 0.3) is 0 Å². The van der Waals surface area contributed by atoms with Gasteiger partial charge in [0, 0.05) is 13.2 Å². The molecule has 2 aromatic heterocycles. The van der Waals surface area contributed by atoms with E-state index in [-0.39, 0.29) is 0 Å². The van der Waals surface area contributed by atoms with E-state index in [2.05, 4.69) is 15.4 Å². The Balaban J connectivity index is 1.84. The number of aliphatic carboxylic acids is 1. The lowest BCUT2D eigenvalue weighted by molar-refractivity contribution is -0.144. The Bertz CT molecular complexity index is 638. The normalized spacial score (nSPS) is 16.5. The van der Waals surface area contributed by atoms with Crippen LogP contribution in [0.3, 0.4) is 0 Å². The Kier molecular flexibility index (Phi) is 2.44.